The van der Waals surface area contributed by atoms with E-state index in [-0.39, 0.29) is 0 Å². The van der Waals surface area contributed by atoms with Crippen molar-refractivity contribution in [2.75, 3.05) is 7.11 Å². The van der Waals surface area contributed by atoms with Gasteiger partial charge in [0.15, 0.2) is 0 Å². The Morgan fingerprint density at radius 2 is 2.23 bits per heavy atom. The molecule has 0 spiro atoms. The first kappa shape index (κ1) is 9.71. The van der Waals surface area contributed by atoms with Crippen LogP contribution < -0.4 is 0 Å². The molecule has 1 aromatic rings. The zero-order chi connectivity index (χ0) is 9.84. The molecule has 0 atom stereocenters. The summed E-state index contributed by atoms with van der Waals surface area (Å²) < 4.78 is 4.53. The van der Waals surface area contributed by atoms with Crippen molar-refractivity contribution in [2.45, 2.75) is 19.8 Å². The van der Waals surface area contributed by atoms with Gasteiger partial charge in [-0.2, -0.15) is 0 Å². The summed E-state index contributed by atoms with van der Waals surface area (Å²) in [7, 11) is 1.34. The van der Waals surface area contributed by atoms with Crippen molar-refractivity contribution in [3.63, 3.8) is 0 Å². The molecule has 0 aromatic carbocycles. The molecule has 0 saturated carbocycles. The van der Waals surface area contributed by atoms with E-state index in [9.17, 15) is 4.79 Å². The van der Waals surface area contributed by atoms with Gasteiger partial charge in [0.1, 0.15) is 6.20 Å². The molecule has 0 aliphatic rings. The van der Waals surface area contributed by atoms with Gasteiger partial charge in [-0.3, -0.25) is 0 Å². The van der Waals surface area contributed by atoms with Gasteiger partial charge in [-0.1, -0.05) is 13.8 Å². The topological polar surface area (TPSA) is 39.2 Å². The molecule has 1 aromatic heterocycles. The Labute approximate surface area is 77.8 Å². The molecule has 0 N–H and O–H groups in total. The predicted octanol–water partition coefficient (Wildman–Crippen LogP) is 1.79. The zero-order valence-electron chi connectivity index (χ0n) is 8.00. The summed E-state index contributed by atoms with van der Waals surface area (Å²) in [5.41, 5.74) is 1.29. The monoisotopic (exact) mass is 178 g/mol. The summed E-state index contributed by atoms with van der Waals surface area (Å²) >= 11 is 0. The molecule has 1 radical (unpaired) electrons. The molecule has 0 saturated heterocycles. The number of pyridine rings is 1. The van der Waals surface area contributed by atoms with E-state index in [4.69, 9.17) is 0 Å². The van der Waals surface area contributed by atoms with Crippen LogP contribution in [0.5, 0.6) is 0 Å². The number of rotatable bonds is 2. The zero-order valence-corrected chi connectivity index (χ0v) is 8.00. The summed E-state index contributed by atoms with van der Waals surface area (Å²) in [5, 5.41) is 0. The number of carbonyl (C=O) groups is 1. The normalized spacial score (nSPS) is 10.2. The highest BCUT2D eigenvalue weighted by molar-refractivity contribution is 5.88. The van der Waals surface area contributed by atoms with E-state index < -0.39 is 5.97 Å². The molecule has 0 aliphatic heterocycles. The van der Waals surface area contributed by atoms with Crippen LogP contribution in [0.4, 0.5) is 0 Å². The van der Waals surface area contributed by atoms with Gasteiger partial charge in [-0.05, 0) is 18.1 Å². The molecule has 0 unspecified atom stereocenters. The molecule has 13 heavy (non-hydrogen) atoms. The van der Waals surface area contributed by atoms with Gasteiger partial charge in [0, 0.05) is 5.69 Å². The minimum Gasteiger partial charge on any atom is -0.465 e. The average molecular weight is 178 g/mol. The lowest BCUT2D eigenvalue weighted by Gasteiger charge is -2.03. The van der Waals surface area contributed by atoms with Crippen molar-refractivity contribution in [1.29, 1.82) is 0 Å². The Hall–Kier alpha value is -1.38. The van der Waals surface area contributed by atoms with Crippen molar-refractivity contribution in [3.8, 4) is 0 Å². The highest BCUT2D eigenvalue weighted by atomic mass is 16.5. The third kappa shape index (κ3) is 2.28. The van der Waals surface area contributed by atoms with Gasteiger partial charge >= 0.3 is 5.97 Å². The Bertz CT molecular complexity index is 290. The molecular formula is C10H12NO2. The van der Waals surface area contributed by atoms with Crippen LogP contribution in [0.25, 0.3) is 0 Å². The Balaban J connectivity index is 2.87. The number of nitrogens with zero attached hydrogens (tertiary/aromatic N) is 1. The van der Waals surface area contributed by atoms with Crippen molar-refractivity contribution >= 4 is 5.97 Å². The van der Waals surface area contributed by atoms with Gasteiger partial charge in [0.05, 0.1) is 12.7 Å². The first-order chi connectivity index (χ1) is 6.15. The molecule has 0 amide bonds. The lowest BCUT2D eigenvalue weighted by Crippen LogP contribution is -2.03. The summed E-state index contributed by atoms with van der Waals surface area (Å²) in [4.78, 5) is 15.0. The van der Waals surface area contributed by atoms with E-state index in [0.29, 0.717) is 11.5 Å². The van der Waals surface area contributed by atoms with E-state index in [1.165, 1.54) is 7.11 Å². The molecule has 0 fully saturated rings. The lowest BCUT2D eigenvalue weighted by molar-refractivity contribution is 0.0600. The summed E-state index contributed by atoms with van der Waals surface area (Å²) in [6, 6.07) is 3.49. The van der Waals surface area contributed by atoms with Gasteiger partial charge in [-0.15, -0.1) is 0 Å². The third-order valence-corrected chi connectivity index (χ3v) is 1.72. The number of hydrogen-bond acceptors (Lipinski definition) is 3. The van der Waals surface area contributed by atoms with E-state index in [1.54, 1.807) is 6.07 Å². The third-order valence-electron chi connectivity index (χ3n) is 1.72. The van der Waals surface area contributed by atoms with Crippen LogP contribution in [0, 0.1) is 6.20 Å². The van der Waals surface area contributed by atoms with Crippen LogP contribution in [-0.4, -0.2) is 18.1 Å². The van der Waals surface area contributed by atoms with Crippen LogP contribution in [-0.2, 0) is 4.74 Å². The van der Waals surface area contributed by atoms with Crippen molar-refractivity contribution in [1.82, 2.24) is 4.98 Å². The van der Waals surface area contributed by atoms with E-state index >= 15 is 0 Å². The summed E-state index contributed by atoms with van der Waals surface area (Å²) in [6.07, 6.45) is 2.64. The number of ether oxygens (including phenoxy) is 1. The van der Waals surface area contributed by atoms with Crippen LogP contribution in [0.2, 0.25) is 0 Å². The number of carbonyl (C=O) groups excluding carboxylic acids is 1. The highest BCUT2D eigenvalue weighted by Gasteiger charge is 2.07. The maximum absolute atomic E-state index is 11.0. The molecule has 69 valence electrons. The van der Waals surface area contributed by atoms with E-state index in [2.05, 4.69) is 15.9 Å². The fourth-order valence-electron chi connectivity index (χ4n) is 0.913. The van der Waals surface area contributed by atoms with E-state index in [1.807, 2.05) is 19.9 Å². The summed E-state index contributed by atoms with van der Waals surface area (Å²) in [6.45, 7) is 4.07. The largest absolute Gasteiger partial charge is 0.465 e. The molecule has 1 rings (SSSR count). The molecule has 0 bridgehead atoms. The quantitative estimate of drug-likeness (QED) is 0.648. The fraction of sp³-hybridized carbons (Fsp3) is 0.400. The average Bonchev–Trinajstić information content (AvgIpc) is 2.17. The number of esters is 1. The van der Waals surface area contributed by atoms with Gasteiger partial charge in [-0.25, -0.2) is 9.78 Å². The van der Waals surface area contributed by atoms with Crippen LogP contribution >= 0.6 is 0 Å². The van der Waals surface area contributed by atoms with E-state index in [0.717, 1.165) is 5.69 Å². The van der Waals surface area contributed by atoms with Gasteiger partial charge < -0.3 is 4.74 Å². The highest BCUT2D eigenvalue weighted by Crippen LogP contribution is 2.11. The maximum Gasteiger partial charge on any atom is 0.340 e. The Morgan fingerprint density at radius 1 is 1.54 bits per heavy atom. The fourth-order valence-corrected chi connectivity index (χ4v) is 0.913. The second-order valence-electron chi connectivity index (χ2n) is 3.04. The predicted molar refractivity (Wildman–Crippen MR) is 48.5 cm³/mol. The first-order valence-corrected chi connectivity index (χ1v) is 4.12. The SMILES string of the molecule is COC(=O)c1[c]nc(C(C)C)cc1. The second-order valence-corrected chi connectivity index (χ2v) is 3.04. The molecule has 0 aliphatic carbocycles. The Kier molecular flexibility index (Phi) is 3.01. The summed E-state index contributed by atoms with van der Waals surface area (Å²) in [5.74, 6) is -0.0502. The second kappa shape index (κ2) is 4.03. The molecule has 1 heterocycles. The Morgan fingerprint density at radius 3 is 2.62 bits per heavy atom. The first-order valence-electron chi connectivity index (χ1n) is 4.12. The number of aromatic nitrogens is 1. The molecule has 3 heteroatoms. The van der Waals surface area contributed by atoms with Crippen LogP contribution in [0.3, 0.4) is 0 Å². The molecular weight excluding hydrogens is 166 g/mol. The van der Waals surface area contributed by atoms with Gasteiger partial charge in [0.2, 0.25) is 0 Å². The lowest BCUT2D eigenvalue weighted by atomic mass is 10.1. The smallest absolute Gasteiger partial charge is 0.340 e. The van der Waals surface area contributed by atoms with Crippen molar-refractivity contribution in [2.24, 2.45) is 0 Å². The number of hydrogen-bond donors (Lipinski definition) is 0. The standard InChI is InChI=1S/C10H12NO2/c1-7(2)9-5-4-8(6-11-9)10(12)13-3/h4-5,7H,1-3H3. The minimum absolute atomic E-state index is 0.350. The minimum atomic E-state index is -0.400. The van der Waals surface area contributed by atoms with Crippen LogP contribution in [0.1, 0.15) is 35.8 Å². The number of methoxy groups -OCH3 is 1. The molecule has 3 nitrogen and oxygen atoms in total. The van der Waals surface area contributed by atoms with Gasteiger partial charge in [0.25, 0.3) is 0 Å². The van der Waals surface area contributed by atoms with Crippen molar-refractivity contribution < 1.29 is 9.53 Å². The maximum atomic E-state index is 11.0. The van der Waals surface area contributed by atoms with Crippen molar-refractivity contribution in [3.05, 3.63) is 29.6 Å². The van der Waals surface area contributed by atoms with Crippen LogP contribution in [0.15, 0.2) is 12.1 Å².